The van der Waals surface area contributed by atoms with Crippen LogP contribution in [0.25, 0.3) is 0 Å². The zero-order valence-electron chi connectivity index (χ0n) is 9.33. The minimum absolute atomic E-state index is 0. The number of hydrogen-bond donors (Lipinski definition) is 1. The van der Waals surface area contributed by atoms with Gasteiger partial charge < -0.3 is 5.11 Å². The molecule has 1 rings (SSSR count). The second-order valence-electron chi connectivity index (χ2n) is 2.15. The van der Waals surface area contributed by atoms with Crippen molar-refractivity contribution in [1.82, 2.24) is 0 Å². The summed E-state index contributed by atoms with van der Waals surface area (Å²) in [6.07, 6.45) is 0. The molecule has 0 saturated heterocycles. The first-order valence-electron chi connectivity index (χ1n) is 3.47. The van der Waals surface area contributed by atoms with Crippen molar-refractivity contribution < 1.29 is 103 Å². The van der Waals surface area contributed by atoms with Gasteiger partial charge >= 0.3 is 98.0 Å². The van der Waals surface area contributed by atoms with Crippen LogP contribution in [0.3, 0.4) is 0 Å². The minimum Gasteiger partial charge on any atom is 2.00 e. The molecule has 0 aliphatic rings. The molecule has 0 bridgehead atoms. The Hall–Kier alpha value is 0.372. The molecule has 1 N–H and O–H groups in total. The first-order valence-corrected chi connectivity index (χ1v) is 7.63. The van der Waals surface area contributed by atoms with Gasteiger partial charge in [0.05, 0.1) is 0 Å². The van der Waals surface area contributed by atoms with Gasteiger partial charge in [-0.3, -0.25) is 0 Å². The molecule has 0 aliphatic carbocycles. The third-order valence-electron chi connectivity index (χ3n) is 0.756. The van der Waals surface area contributed by atoms with E-state index in [0.29, 0.717) is 5.75 Å². The molecule has 0 aliphatic heterocycles. The summed E-state index contributed by atoms with van der Waals surface area (Å²) in [6, 6.07) is 8.71. The molecular formula is C6H6Cr2O9Zn2. The van der Waals surface area contributed by atoms with Crippen LogP contribution in [0, 0.1) is 0 Å². The SMILES string of the molecule is Oc1ccccc1.[O]=[Cr](=[O])([O-])[O-].[O]=[Cr](=[O])([O-])[O-].[Zn+2].[Zn+2]. The van der Waals surface area contributed by atoms with Crippen molar-refractivity contribution in [2.24, 2.45) is 0 Å². The average Bonchev–Trinajstić information content (AvgIpc) is 1.98. The molecule has 0 saturated carbocycles. The second-order valence-corrected chi connectivity index (χ2v) is 4.70. The third kappa shape index (κ3) is 70.3. The standard InChI is InChI=1S/C6H6O.2Cr.8O.2Zn/c7-6-4-2-1-3-5-6;;;;;;;;;;;;/h1-5,7H;;;;;;;;;;;;/q;;;;;;;4*-1;2*+2. The molecule has 100 valence electrons. The van der Waals surface area contributed by atoms with Crippen molar-refractivity contribution in [2.45, 2.75) is 0 Å². The molecule has 0 spiro atoms. The van der Waals surface area contributed by atoms with E-state index in [0.717, 1.165) is 0 Å². The summed E-state index contributed by atoms with van der Waals surface area (Å²) in [5.41, 5.74) is 0. The quantitative estimate of drug-likeness (QED) is 0.382. The van der Waals surface area contributed by atoms with Gasteiger partial charge in [-0.1, -0.05) is 18.2 Å². The fraction of sp³-hybridized carbons (Fsp3) is 0. The second kappa shape index (κ2) is 13.4. The Bertz CT molecular complexity index is 453. The number of hydrogen-bond acceptors (Lipinski definition) is 9. The van der Waals surface area contributed by atoms with Crippen LogP contribution in [0.5, 0.6) is 5.75 Å². The van der Waals surface area contributed by atoms with Crippen molar-refractivity contribution in [3.8, 4) is 5.75 Å². The van der Waals surface area contributed by atoms with Gasteiger partial charge in [0.2, 0.25) is 0 Å². The fourth-order valence-electron chi connectivity index (χ4n) is 0.428. The molecule has 0 radical (unpaired) electrons. The molecule has 0 unspecified atom stereocenters. The van der Waals surface area contributed by atoms with Gasteiger partial charge in [0, 0.05) is 0 Å². The van der Waals surface area contributed by atoms with Crippen molar-refractivity contribution in [1.29, 1.82) is 0 Å². The van der Waals surface area contributed by atoms with E-state index >= 15 is 0 Å². The average molecular weight is 457 g/mol. The van der Waals surface area contributed by atoms with Gasteiger partial charge in [-0.05, 0) is 12.1 Å². The molecule has 0 atom stereocenters. The molecule has 1 aromatic rings. The van der Waals surface area contributed by atoms with Crippen LogP contribution in [0.4, 0.5) is 0 Å². The normalized spacial score (nSPS) is 9.26. The number of benzene rings is 1. The predicted molar refractivity (Wildman–Crippen MR) is 30.9 cm³/mol. The minimum atomic E-state index is -5.75. The zero-order chi connectivity index (χ0) is 14.1. The Morgan fingerprint density at radius 3 is 1.05 bits per heavy atom. The molecule has 9 nitrogen and oxygen atoms in total. The van der Waals surface area contributed by atoms with E-state index in [1.807, 2.05) is 6.07 Å². The van der Waals surface area contributed by atoms with Gasteiger partial charge in [0.25, 0.3) is 0 Å². The number of phenolic OH excluding ortho intramolecular Hbond substituents is 1. The summed E-state index contributed by atoms with van der Waals surface area (Å²) in [5.74, 6) is 0.322. The van der Waals surface area contributed by atoms with Gasteiger partial charge in [-0.25, -0.2) is 0 Å². The van der Waals surface area contributed by atoms with Crippen LogP contribution in [0.2, 0.25) is 0 Å². The maximum atomic E-state index is 8.63. The summed E-state index contributed by atoms with van der Waals surface area (Å²) < 4.78 is 68.8. The summed E-state index contributed by atoms with van der Waals surface area (Å²) in [4.78, 5) is 0. The molecule has 19 heavy (non-hydrogen) atoms. The Labute approximate surface area is 138 Å². The van der Waals surface area contributed by atoms with Crippen LogP contribution >= 0.6 is 0 Å². The van der Waals surface area contributed by atoms with E-state index in [4.69, 9.17) is 37.0 Å². The molecule has 0 aromatic heterocycles. The smallest absolute Gasteiger partial charge is 2.00 e. The summed E-state index contributed by atoms with van der Waals surface area (Å²) >= 11 is -11.5. The first-order chi connectivity index (χ1) is 7.39. The van der Waals surface area contributed by atoms with Gasteiger partial charge in [0.15, 0.2) is 0 Å². The monoisotopic (exact) mass is 454 g/mol. The molecule has 1 aromatic carbocycles. The van der Waals surface area contributed by atoms with Gasteiger partial charge in [-0.15, -0.1) is 0 Å². The summed E-state index contributed by atoms with van der Waals surface area (Å²) in [5, 5.41) is 8.63. The first kappa shape index (κ1) is 27.7. The Morgan fingerprint density at radius 1 is 0.737 bits per heavy atom. The Balaban J connectivity index is -0.0000000866. The predicted octanol–water partition coefficient (Wildman–Crippen LogP) is -3.85. The molecule has 0 fully saturated rings. The maximum Gasteiger partial charge on any atom is 2.00 e. The third-order valence-corrected chi connectivity index (χ3v) is 0.756. The topological polar surface area (TPSA) is 181 Å². The van der Waals surface area contributed by atoms with E-state index in [1.165, 1.54) is 0 Å². The Morgan fingerprint density at radius 2 is 0.947 bits per heavy atom. The molecular weight excluding hydrogens is 451 g/mol. The van der Waals surface area contributed by atoms with Gasteiger partial charge in [0.1, 0.15) is 5.75 Å². The van der Waals surface area contributed by atoms with E-state index < -0.39 is 27.2 Å². The number of para-hydroxylation sites is 1. The Kier molecular flexibility index (Phi) is 19.5. The van der Waals surface area contributed by atoms with E-state index in [2.05, 4.69) is 0 Å². The van der Waals surface area contributed by atoms with E-state index in [-0.39, 0.29) is 39.0 Å². The van der Waals surface area contributed by atoms with E-state index in [9.17, 15) is 0 Å². The van der Waals surface area contributed by atoms with Crippen LogP contribution < -0.4 is 16.6 Å². The van der Waals surface area contributed by atoms with Crippen molar-refractivity contribution in [2.75, 3.05) is 0 Å². The van der Waals surface area contributed by atoms with Crippen molar-refractivity contribution in [3.05, 3.63) is 30.3 Å². The number of phenols is 1. The summed E-state index contributed by atoms with van der Waals surface area (Å²) in [7, 11) is 0. The van der Waals surface area contributed by atoms with Crippen LogP contribution in [0.15, 0.2) is 30.3 Å². The maximum absolute atomic E-state index is 8.63. The fourth-order valence-corrected chi connectivity index (χ4v) is 0.428. The zero-order valence-corrected chi connectivity index (χ0v) is 17.8. The van der Waals surface area contributed by atoms with Gasteiger partial charge in [-0.2, -0.15) is 0 Å². The van der Waals surface area contributed by atoms with Crippen LogP contribution in [-0.4, -0.2) is 5.11 Å². The molecule has 0 heterocycles. The number of rotatable bonds is 0. The molecule has 13 heteroatoms. The van der Waals surface area contributed by atoms with Crippen molar-refractivity contribution in [3.63, 3.8) is 0 Å². The van der Waals surface area contributed by atoms with Crippen LogP contribution in [-0.2, 0) is 81.4 Å². The van der Waals surface area contributed by atoms with Crippen molar-refractivity contribution >= 4 is 0 Å². The van der Waals surface area contributed by atoms with E-state index in [1.54, 1.807) is 24.3 Å². The summed E-state index contributed by atoms with van der Waals surface area (Å²) in [6.45, 7) is 0. The molecule has 0 amide bonds. The number of aromatic hydroxyl groups is 1. The van der Waals surface area contributed by atoms with Crippen LogP contribution in [0.1, 0.15) is 0 Å². The largest absolute Gasteiger partial charge is 2.00 e.